The molecule has 23 heavy (non-hydrogen) atoms. The monoisotopic (exact) mass is 330 g/mol. The van der Waals surface area contributed by atoms with Gasteiger partial charge in [0.15, 0.2) is 0 Å². The molecule has 0 aromatic heterocycles. The first kappa shape index (κ1) is 19.1. The first-order valence-corrected chi connectivity index (χ1v) is 7.50. The molecule has 2 amide bonds. The number of carbonyl (C=O) groups is 3. The molecule has 2 N–H and O–H groups in total. The number of alkyl carbamates (subject to hydrolysis) is 1. The zero-order valence-corrected chi connectivity index (χ0v) is 14.5. The fourth-order valence-electron chi connectivity index (χ4n) is 2.17. The van der Waals surface area contributed by atoms with Crippen molar-refractivity contribution < 1.29 is 29.0 Å². The van der Waals surface area contributed by atoms with E-state index >= 15 is 0 Å². The smallest absolute Gasteiger partial charge is 0.411 e. The zero-order chi connectivity index (χ0) is 18.0. The lowest BCUT2D eigenvalue weighted by atomic mass is 10.2. The van der Waals surface area contributed by atoms with Gasteiger partial charge in [0.25, 0.3) is 0 Å². The lowest BCUT2D eigenvalue weighted by Gasteiger charge is -2.26. The van der Waals surface area contributed by atoms with Gasteiger partial charge in [-0.3, -0.25) is 4.90 Å². The van der Waals surface area contributed by atoms with E-state index in [-0.39, 0.29) is 13.0 Å². The Hall–Kier alpha value is -1.99. The Kier molecular flexibility index (Phi) is 5.50. The summed E-state index contributed by atoms with van der Waals surface area (Å²) in [6.07, 6.45) is -1.25. The molecule has 0 aliphatic carbocycles. The van der Waals surface area contributed by atoms with Crippen molar-refractivity contribution in [3.05, 3.63) is 0 Å². The maximum absolute atomic E-state index is 12.1. The predicted octanol–water partition coefficient (Wildman–Crippen LogP) is 1.97. The molecule has 1 aliphatic heterocycles. The average Bonchev–Trinajstić information content (AvgIpc) is 2.67. The van der Waals surface area contributed by atoms with Crippen LogP contribution in [0.2, 0.25) is 0 Å². The molecule has 2 atom stereocenters. The number of hydrogen-bond acceptors (Lipinski definition) is 5. The largest absolute Gasteiger partial charge is 0.480 e. The number of amides is 2. The second-order valence-electron chi connectivity index (χ2n) is 7.57. The molecule has 8 nitrogen and oxygen atoms in total. The van der Waals surface area contributed by atoms with Crippen molar-refractivity contribution in [1.29, 1.82) is 0 Å². The van der Waals surface area contributed by atoms with E-state index in [0.29, 0.717) is 0 Å². The molecule has 0 aromatic rings. The molecule has 0 aromatic carbocycles. The maximum Gasteiger partial charge on any atom is 0.411 e. The van der Waals surface area contributed by atoms with Crippen LogP contribution in [0.1, 0.15) is 48.0 Å². The van der Waals surface area contributed by atoms with E-state index in [1.54, 1.807) is 41.5 Å². The first-order chi connectivity index (χ1) is 10.3. The maximum atomic E-state index is 12.1. The van der Waals surface area contributed by atoms with Crippen LogP contribution < -0.4 is 5.32 Å². The average molecular weight is 330 g/mol. The Morgan fingerprint density at radius 1 is 1.04 bits per heavy atom. The Labute approximate surface area is 136 Å². The molecule has 0 radical (unpaired) electrons. The lowest BCUT2D eigenvalue weighted by Crippen LogP contribution is -2.44. The van der Waals surface area contributed by atoms with Crippen LogP contribution in [0.25, 0.3) is 0 Å². The highest BCUT2D eigenvalue weighted by Gasteiger charge is 2.42. The minimum atomic E-state index is -1.13. The SMILES string of the molecule is CC(C)(C)OC(=O)N[C@H]1C[C@H](C(=O)O)N(C(=O)OC(C)(C)C)C1. The number of rotatable bonds is 2. The van der Waals surface area contributed by atoms with Gasteiger partial charge in [-0.25, -0.2) is 14.4 Å². The standard InChI is InChI=1S/C15H26N2O6/c1-14(2,3)22-12(20)16-9-7-10(11(18)19)17(8-9)13(21)23-15(4,5)6/h9-10H,7-8H2,1-6H3,(H,16,20)(H,18,19)/t9-,10+/m0/s1. The van der Waals surface area contributed by atoms with Gasteiger partial charge in [-0.1, -0.05) is 0 Å². The van der Waals surface area contributed by atoms with Crippen molar-refractivity contribution >= 4 is 18.2 Å². The highest BCUT2D eigenvalue weighted by molar-refractivity contribution is 5.81. The molecule has 1 heterocycles. The Morgan fingerprint density at radius 2 is 1.57 bits per heavy atom. The predicted molar refractivity (Wildman–Crippen MR) is 82.1 cm³/mol. The molecule has 0 spiro atoms. The van der Waals surface area contributed by atoms with Gasteiger partial charge in [0.1, 0.15) is 17.2 Å². The Morgan fingerprint density at radius 3 is 2.00 bits per heavy atom. The van der Waals surface area contributed by atoms with Crippen LogP contribution in [0.5, 0.6) is 0 Å². The summed E-state index contributed by atoms with van der Waals surface area (Å²) < 4.78 is 10.4. The van der Waals surface area contributed by atoms with Crippen molar-refractivity contribution in [2.45, 2.75) is 71.2 Å². The summed E-state index contributed by atoms with van der Waals surface area (Å²) in [6, 6.07) is -1.54. The summed E-state index contributed by atoms with van der Waals surface area (Å²) in [7, 11) is 0. The number of carboxylic acid groups (broad SMARTS) is 1. The molecule has 1 fully saturated rings. The molecule has 132 valence electrons. The minimum absolute atomic E-state index is 0.0606. The zero-order valence-electron chi connectivity index (χ0n) is 14.5. The third kappa shape index (κ3) is 6.33. The topological polar surface area (TPSA) is 105 Å². The van der Waals surface area contributed by atoms with Crippen molar-refractivity contribution in [3.63, 3.8) is 0 Å². The fourth-order valence-corrected chi connectivity index (χ4v) is 2.17. The van der Waals surface area contributed by atoms with Gasteiger partial charge in [-0.15, -0.1) is 0 Å². The van der Waals surface area contributed by atoms with Gasteiger partial charge in [-0.2, -0.15) is 0 Å². The van der Waals surface area contributed by atoms with Crippen LogP contribution in [0.3, 0.4) is 0 Å². The van der Waals surface area contributed by atoms with Crippen molar-refractivity contribution in [2.24, 2.45) is 0 Å². The van der Waals surface area contributed by atoms with E-state index in [1.165, 1.54) is 0 Å². The summed E-state index contributed by atoms with van der Waals surface area (Å²) in [5.41, 5.74) is -1.38. The molecule has 8 heteroatoms. The summed E-state index contributed by atoms with van der Waals surface area (Å²) in [5.74, 6) is -1.13. The van der Waals surface area contributed by atoms with Crippen LogP contribution >= 0.6 is 0 Å². The molecular weight excluding hydrogens is 304 g/mol. The number of ether oxygens (including phenoxy) is 2. The number of nitrogens with zero attached hydrogens (tertiary/aromatic N) is 1. The molecule has 1 aliphatic rings. The number of nitrogens with one attached hydrogen (secondary N) is 1. The van der Waals surface area contributed by atoms with Gasteiger partial charge < -0.3 is 19.9 Å². The van der Waals surface area contributed by atoms with Crippen LogP contribution in [0.4, 0.5) is 9.59 Å². The van der Waals surface area contributed by atoms with Crippen LogP contribution in [-0.2, 0) is 14.3 Å². The van der Waals surface area contributed by atoms with E-state index in [2.05, 4.69) is 5.32 Å². The molecule has 0 bridgehead atoms. The van der Waals surface area contributed by atoms with E-state index < -0.39 is 41.4 Å². The van der Waals surface area contributed by atoms with Gasteiger partial charge >= 0.3 is 18.2 Å². The summed E-state index contributed by atoms with van der Waals surface area (Å²) >= 11 is 0. The highest BCUT2D eigenvalue weighted by Crippen LogP contribution is 2.22. The number of carboxylic acids is 1. The molecule has 1 saturated heterocycles. The Bertz CT molecular complexity index is 477. The first-order valence-electron chi connectivity index (χ1n) is 7.50. The second kappa shape index (κ2) is 6.64. The third-order valence-electron chi connectivity index (χ3n) is 2.94. The summed E-state index contributed by atoms with van der Waals surface area (Å²) in [4.78, 5) is 36.4. The molecule has 0 saturated carbocycles. The fraction of sp³-hybridized carbons (Fsp3) is 0.800. The number of aliphatic carboxylic acids is 1. The highest BCUT2D eigenvalue weighted by atomic mass is 16.6. The van der Waals surface area contributed by atoms with Gasteiger partial charge in [0.2, 0.25) is 0 Å². The molecular formula is C15H26N2O6. The van der Waals surface area contributed by atoms with Gasteiger partial charge in [0, 0.05) is 13.0 Å². The second-order valence-corrected chi connectivity index (χ2v) is 7.57. The normalized spacial score (nSPS) is 21.7. The third-order valence-corrected chi connectivity index (χ3v) is 2.94. The minimum Gasteiger partial charge on any atom is -0.480 e. The quantitative estimate of drug-likeness (QED) is 0.802. The van der Waals surface area contributed by atoms with Crippen LogP contribution in [-0.4, -0.2) is 58.0 Å². The number of hydrogen-bond donors (Lipinski definition) is 2. The molecule has 0 unspecified atom stereocenters. The summed E-state index contributed by atoms with van der Waals surface area (Å²) in [5, 5.41) is 11.9. The van der Waals surface area contributed by atoms with Crippen molar-refractivity contribution in [3.8, 4) is 0 Å². The number of carbonyl (C=O) groups excluding carboxylic acids is 2. The summed E-state index contributed by atoms with van der Waals surface area (Å²) in [6.45, 7) is 10.4. The van der Waals surface area contributed by atoms with E-state index in [1.807, 2.05) is 0 Å². The van der Waals surface area contributed by atoms with Gasteiger partial charge in [-0.05, 0) is 41.5 Å². The van der Waals surface area contributed by atoms with Gasteiger partial charge in [0.05, 0.1) is 6.04 Å². The van der Waals surface area contributed by atoms with Crippen LogP contribution in [0, 0.1) is 0 Å². The Balaban J connectivity index is 2.73. The van der Waals surface area contributed by atoms with E-state index in [0.717, 1.165) is 4.90 Å². The van der Waals surface area contributed by atoms with Crippen LogP contribution in [0.15, 0.2) is 0 Å². The number of likely N-dealkylation sites (tertiary alicyclic amines) is 1. The van der Waals surface area contributed by atoms with Crippen molar-refractivity contribution in [1.82, 2.24) is 10.2 Å². The van der Waals surface area contributed by atoms with E-state index in [9.17, 15) is 19.5 Å². The van der Waals surface area contributed by atoms with Crippen molar-refractivity contribution in [2.75, 3.05) is 6.54 Å². The lowest BCUT2D eigenvalue weighted by molar-refractivity contribution is -0.142. The van der Waals surface area contributed by atoms with E-state index in [4.69, 9.17) is 9.47 Å². The molecule has 1 rings (SSSR count).